The first-order valence-electron chi connectivity index (χ1n) is 7.02. The third-order valence-electron chi connectivity index (χ3n) is 3.08. The molecular formula is C16H23N3O. The fraction of sp³-hybridized carbons (Fsp3) is 0.500. The lowest BCUT2D eigenvalue weighted by Crippen LogP contribution is -2.46. The van der Waals surface area contributed by atoms with E-state index < -0.39 is 0 Å². The minimum absolute atomic E-state index is 0.000456. The summed E-state index contributed by atoms with van der Waals surface area (Å²) in [5.41, 5.74) is 0.968. The van der Waals surface area contributed by atoms with Gasteiger partial charge >= 0.3 is 0 Å². The van der Waals surface area contributed by atoms with Crippen LogP contribution >= 0.6 is 0 Å². The largest absolute Gasteiger partial charge is 0.359 e. The van der Waals surface area contributed by atoms with E-state index >= 15 is 0 Å². The van der Waals surface area contributed by atoms with Gasteiger partial charge in [0, 0.05) is 18.8 Å². The highest BCUT2D eigenvalue weighted by Crippen LogP contribution is 2.17. The maximum atomic E-state index is 12.2. The number of para-hydroxylation sites is 1. The summed E-state index contributed by atoms with van der Waals surface area (Å²) in [7, 11) is 0. The average molecular weight is 273 g/mol. The van der Waals surface area contributed by atoms with Crippen molar-refractivity contribution in [3.63, 3.8) is 0 Å². The molecule has 1 aromatic carbocycles. The minimum Gasteiger partial charge on any atom is -0.359 e. The number of hydrogen-bond acceptors (Lipinski definition) is 3. The van der Waals surface area contributed by atoms with Crippen molar-refractivity contribution in [3.8, 4) is 6.07 Å². The highest BCUT2D eigenvalue weighted by atomic mass is 16.2. The van der Waals surface area contributed by atoms with Gasteiger partial charge in [0.2, 0.25) is 5.91 Å². The minimum atomic E-state index is -0.288. The van der Waals surface area contributed by atoms with Gasteiger partial charge in [-0.05, 0) is 25.0 Å². The summed E-state index contributed by atoms with van der Waals surface area (Å²) in [4.78, 5) is 14.2. The van der Waals surface area contributed by atoms with Gasteiger partial charge in [0.25, 0.3) is 0 Å². The lowest BCUT2D eigenvalue weighted by Gasteiger charge is -2.30. The van der Waals surface area contributed by atoms with Gasteiger partial charge in [0.15, 0.2) is 0 Å². The number of anilines is 1. The van der Waals surface area contributed by atoms with Crippen LogP contribution in [-0.4, -0.2) is 25.0 Å². The molecule has 4 nitrogen and oxygen atoms in total. The van der Waals surface area contributed by atoms with Crippen LogP contribution in [0.3, 0.4) is 0 Å². The Morgan fingerprint density at radius 1 is 1.30 bits per heavy atom. The van der Waals surface area contributed by atoms with Gasteiger partial charge in [-0.2, -0.15) is 5.26 Å². The van der Waals surface area contributed by atoms with Crippen molar-refractivity contribution in [1.29, 1.82) is 5.26 Å². The van der Waals surface area contributed by atoms with Gasteiger partial charge in [-0.25, -0.2) is 0 Å². The molecule has 0 aliphatic heterocycles. The molecule has 1 aromatic rings. The molecule has 1 amide bonds. The lowest BCUT2D eigenvalue weighted by molar-refractivity contribution is -0.122. The van der Waals surface area contributed by atoms with E-state index in [0.29, 0.717) is 25.4 Å². The molecule has 108 valence electrons. The summed E-state index contributed by atoms with van der Waals surface area (Å²) in [6, 6.07) is 11.6. The van der Waals surface area contributed by atoms with E-state index in [-0.39, 0.29) is 11.9 Å². The molecule has 0 heterocycles. The first-order valence-corrected chi connectivity index (χ1v) is 7.02. The number of hydrogen-bond donors (Lipinski definition) is 1. The number of nitrogens with zero attached hydrogens (tertiary/aromatic N) is 2. The van der Waals surface area contributed by atoms with E-state index in [0.717, 1.165) is 5.69 Å². The standard InChI is InChI=1S/C16H23N3O/c1-13(2)12-18-16(20)14(3)19(11-7-10-17)15-8-5-4-6-9-15/h4-6,8-9,13-14H,7,11-12H2,1-3H3,(H,18,20). The van der Waals surface area contributed by atoms with Crippen molar-refractivity contribution < 1.29 is 4.79 Å². The zero-order valence-electron chi connectivity index (χ0n) is 12.5. The first-order chi connectivity index (χ1) is 9.56. The number of carbonyl (C=O) groups is 1. The van der Waals surface area contributed by atoms with Crippen molar-refractivity contribution in [2.45, 2.75) is 33.2 Å². The Balaban J connectivity index is 2.77. The van der Waals surface area contributed by atoms with Crippen molar-refractivity contribution in [3.05, 3.63) is 30.3 Å². The molecule has 0 aliphatic carbocycles. The van der Waals surface area contributed by atoms with Gasteiger partial charge in [0.05, 0.1) is 12.5 Å². The van der Waals surface area contributed by atoms with Gasteiger partial charge in [-0.3, -0.25) is 4.79 Å². The number of nitrogens with one attached hydrogen (secondary N) is 1. The van der Waals surface area contributed by atoms with Crippen LogP contribution in [0.25, 0.3) is 0 Å². The molecule has 1 rings (SSSR count). The summed E-state index contributed by atoms with van der Waals surface area (Å²) in [5.74, 6) is 0.427. The normalized spacial score (nSPS) is 11.8. The number of benzene rings is 1. The molecule has 0 spiro atoms. The third kappa shape index (κ3) is 4.93. The SMILES string of the molecule is CC(C)CNC(=O)C(C)N(CCC#N)c1ccccc1. The molecule has 0 saturated carbocycles. The molecule has 0 aromatic heterocycles. The molecule has 0 aliphatic rings. The molecule has 1 N–H and O–H groups in total. The highest BCUT2D eigenvalue weighted by molar-refractivity contribution is 5.84. The number of rotatable bonds is 7. The van der Waals surface area contributed by atoms with Gasteiger partial charge in [-0.15, -0.1) is 0 Å². The summed E-state index contributed by atoms with van der Waals surface area (Å²) < 4.78 is 0. The van der Waals surface area contributed by atoms with E-state index in [4.69, 9.17) is 5.26 Å². The second-order valence-electron chi connectivity index (χ2n) is 5.25. The Morgan fingerprint density at radius 3 is 2.50 bits per heavy atom. The van der Waals surface area contributed by atoms with Crippen LogP contribution in [0.5, 0.6) is 0 Å². The summed E-state index contributed by atoms with van der Waals surface area (Å²) in [6.45, 7) is 7.23. The molecular weight excluding hydrogens is 250 g/mol. The van der Waals surface area contributed by atoms with Crippen molar-refractivity contribution in [2.75, 3.05) is 18.0 Å². The fourth-order valence-corrected chi connectivity index (χ4v) is 1.93. The van der Waals surface area contributed by atoms with Crippen LogP contribution in [-0.2, 0) is 4.79 Å². The van der Waals surface area contributed by atoms with E-state index in [9.17, 15) is 4.79 Å². The molecule has 4 heteroatoms. The maximum Gasteiger partial charge on any atom is 0.242 e. The van der Waals surface area contributed by atoms with Crippen molar-refractivity contribution >= 4 is 11.6 Å². The Labute approximate surface area is 121 Å². The molecule has 0 saturated heterocycles. The number of carbonyl (C=O) groups excluding carboxylic acids is 1. The van der Waals surface area contributed by atoms with Crippen molar-refractivity contribution in [1.82, 2.24) is 5.32 Å². The molecule has 0 radical (unpaired) electrons. The first kappa shape index (κ1) is 16.0. The zero-order valence-corrected chi connectivity index (χ0v) is 12.5. The van der Waals surface area contributed by atoms with Crippen LogP contribution in [0.15, 0.2) is 30.3 Å². The Kier molecular flexibility index (Phi) is 6.58. The van der Waals surface area contributed by atoms with Crippen LogP contribution in [0.4, 0.5) is 5.69 Å². The number of amides is 1. The van der Waals surface area contributed by atoms with Gasteiger partial charge in [0.1, 0.15) is 6.04 Å². The highest BCUT2D eigenvalue weighted by Gasteiger charge is 2.21. The molecule has 0 fully saturated rings. The second-order valence-corrected chi connectivity index (χ2v) is 5.25. The molecule has 0 bridgehead atoms. The quantitative estimate of drug-likeness (QED) is 0.830. The monoisotopic (exact) mass is 273 g/mol. The van der Waals surface area contributed by atoms with E-state index in [1.54, 1.807) is 0 Å². The number of nitriles is 1. The third-order valence-corrected chi connectivity index (χ3v) is 3.08. The van der Waals surface area contributed by atoms with Gasteiger partial charge < -0.3 is 10.2 Å². The van der Waals surface area contributed by atoms with Crippen LogP contribution in [0.2, 0.25) is 0 Å². The molecule has 1 unspecified atom stereocenters. The van der Waals surface area contributed by atoms with Gasteiger partial charge in [-0.1, -0.05) is 32.0 Å². The van der Waals surface area contributed by atoms with E-state index in [2.05, 4.69) is 25.2 Å². The predicted molar refractivity (Wildman–Crippen MR) is 81.3 cm³/mol. The summed E-state index contributed by atoms with van der Waals surface area (Å²) in [6.07, 6.45) is 0.399. The van der Waals surface area contributed by atoms with Crippen LogP contribution < -0.4 is 10.2 Å². The Hall–Kier alpha value is -2.02. The van der Waals surface area contributed by atoms with Crippen LogP contribution in [0, 0.1) is 17.2 Å². The maximum absolute atomic E-state index is 12.2. The summed E-state index contributed by atoms with van der Waals surface area (Å²) in [5, 5.41) is 11.7. The lowest BCUT2D eigenvalue weighted by atomic mass is 10.1. The second kappa shape index (κ2) is 8.21. The van der Waals surface area contributed by atoms with E-state index in [1.807, 2.05) is 42.2 Å². The molecule has 20 heavy (non-hydrogen) atoms. The zero-order chi connectivity index (χ0) is 15.0. The van der Waals surface area contributed by atoms with E-state index in [1.165, 1.54) is 0 Å². The average Bonchev–Trinajstić information content (AvgIpc) is 2.46. The smallest absolute Gasteiger partial charge is 0.242 e. The predicted octanol–water partition coefficient (Wildman–Crippen LogP) is 2.57. The Bertz CT molecular complexity index is 451. The Morgan fingerprint density at radius 2 is 1.95 bits per heavy atom. The topological polar surface area (TPSA) is 56.1 Å². The summed E-state index contributed by atoms with van der Waals surface area (Å²) >= 11 is 0. The fourth-order valence-electron chi connectivity index (χ4n) is 1.93. The molecule has 1 atom stereocenters. The van der Waals surface area contributed by atoms with Crippen molar-refractivity contribution in [2.24, 2.45) is 5.92 Å². The van der Waals surface area contributed by atoms with Crippen LogP contribution in [0.1, 0.15) is 27.2 Å².